The van der Waals surface area contributed by atoms with Crippen LogP contribution in [0.25, 0.3) is 0 Å². The maximum atomic E-state index is 14.2. The van der Waals surface area contributed by atoms with Gasteiger partial charge < -0.3 is 15.0 Å². The van der Waals surface area contributed by atoms with Crippen LogP contribution in [0.5, 0.6) is 5.75 Å². The predicted octanol–water partition coefficient (Wildman–Crippen LogP) is 5.18. The van der Waals surface area contributed by atoms with Crippen molar-refractivity contribution in [3.8, 4) is 5.75 Å². The first-order chi connectivity index (χ1) is 20.6. The lowest BCUT2D eigenvalue weighted by Gasteiger charge is -2.33. The lowest BCUT2D eigenvalue weighted by molar-refractivity contribution is -0.139. The molecule has 0 aromatic heterocycles. The highest BCUT2D eigenvalue weighted by atomic mass is 79.9. The summed E-state index contributed by atoms with van der Waals surface area (Å²) in [5.74, 6) is -1.12. The standard InChI is InChI=1S/C32H31BrFN3O5S/c1-35-32(39)30(20-23-6-4-3-5-7-23)36(21-24-8-10-25(33)11-9-24)31(38)22-37(27-14-12-26(34)13-15-27)43(40,41)29-18-16-28(42-2)17-19-29/h3-19,30H,20-22H2,1-2H3,(H,35,39)/t30-/m0/s1. The second-order valence-electron chi connectivity index (χ2n) is 9.63. The third-order valence-corrected chi connectivity index (χ3v) is 9.14. The topological polar surface area (TPSA) is 96.0 Å². The number of carbonyl (C=O) groups excluding carboxylic acids is 2. The SMILES string of the molecule is CNC(=O)[C@H](Cc1ccccc1)N(Cc1ccc(Br)cc1)C(=O)CN(c1ccc(F)cc1)S(=O)(=O)c1ccc(OC)cc1. The number of nitrogens with zero attached hydrogens (tertiary/aromatic N) is 2. The van der Waals surface area contributed by atoms with Crippen LogP contribution in [0, 0.1) is 5.82 Å². The number of likely N-dealkylation sites (N-methyl/N-ethyl adjacent to an activating group) is 1. The van der Waals surface area contributed by atoms with Gasteiger partial charge in [-0.1, -0.05) is 58.4 Å². The van der Waals surface area contributed by atoms with Crippen molar-refractivity contribution in [2.24, 2.45) is 0 Å². The Balaban J connectivity index is 1.77. The van der Waals surface area contributed by atoms with Crippen LogP contribution in [0.2, 0.25) is 0 Å². The second-order valence-corrected chi connectivity index (χ2v) is 12.4. The predicted molar refractivity (Wildman–Crippen MR) is 167 cm³/mol. The smallest absolute Gasteiger partial charge is 0.264 e. The molecule has 43 heavy (non-hydrogen) atoms. The lowest BCUT2D eigenvalue weighted by Crippen LogP contribution is -2.53. The third kappa shape index (κ3) is 7.99. The number of halogens is 2. The van der Waals surface area contributed by atoms with Gasteiger partial charge >= 0.3 is 0 Å². The summed E-state index contributed by atoms with van der Waals surface area (Å²) in [5.41, 5.74) is 1.66. The minimum absolute atomic E-state index is 0.0386. The van der Waals surface area contributed by atoms with E-state index in [-0.39, 0.29) is 23.5 Å². The zero-order valence-corrected chi connectivity index (χ0v) is 26.0. The number of sulfonamides is 1. The number of carbonyl (C=O) groups is 2. The lowest BCUT2D eigenvalue weighted by atomic mass is 10.0. The van der Waals surface area contributed by atoms with Crippen LogP contribution in [0.1, 0.15) is 11.1 Å². The molecule has 0 radical (unpaired) electrons. The van der Waals surface area contributed by atoms with Crippen molar-refractivity contribution >= 4 is 43.5 Å². The third-order valence-electron chi connectivity index (χ3n) is 6.82. The van der Waals surface area contributed by atoms with E-state index in [4.69, 9.17) is 4.74 Å². The first-order valence-electron chi connectivity index (χ1n) is 13.3. The number of hydrogen-bond acceptors (Lipinski definition) is 5. The first kappa shape index (κ1) is 31.7. The summed E-state index contributed by atoms with van der Waals surface area (Å²) in [6.45, 7) is -0.602. The van der Waals surface area contributed by atoms with Crippen molar-refractivity contribution in [1.29, 1.82) is 0 Å². The quantitative estimate of drug-likeness (QED) is 0.225. The van der Waals surface area contributed by atoms with E-state index in [1.165, 1.54) is 55.5 Å². The molecule has 0 fully saturated rings. The zero-order valence-electron chi connectivity index (χ0n) is 23.6. The Morgan fingerprint density at radius 3 is 2.09 bits per heavy atom. The largest absolute Gasteiger partial charge is 0.497 e. The number of methoxy groups -OCH3 is 1. The summed E-state index contributed by atoms with van der Waals surface area (Å²) >= 11 is 3.41. The molecule has 0 unspecified atom stereocenters. The van der Waals surface area contributed by atoms with E-state index in [1.807, 2.05) is 54.6 Å². The summed E-state index contributed by atoms with van der Waals surface area (Å²) in [4.78, 5) is 28.8. The molecular weight excluding hydrogens is 637 g/mol. The van der Waals surface area contributed by atoms with E-state index in [9.17, 15) is 22.4 Å². The Morgan fingerprint density at radius 1 is 0.884 bits per heavy atom. The average molecular weight is 669 g/mol. The molecule has 4 aromatic carbocycles. The maximum Gasteiger partial charge on any atom is 0.264 e. The van der Waals surface area contributed by atoms with Crippen molar-refractivity contribution in [3.05, 3.63) is 125 Å². The molecular formula is C32H31BrFN3O5S. The van der Waals surface area contributed by atoms with E-state index < -0.39 is 40.2 Å². The molecule has 0 saturated heterocycles. The highest BCUT2D eigenvalue weighted by Crippen LogP contribution is 2.27. The monoisotopic (exact) mass is 667 g/mol. The Bertz CT molecular complexity index is 1640. The molecule has 224 valence electrons. The van der Waals surface area contributed by atoms with Gasteiger partial charge in [-0.05, 0) is 71.8 Å². The molecule has 0 bridgehead atoms. The van der Waals surface area contributed by atoms with Crippen LogP contribution < -0.4 is 14.4 Å². The Hall–Kier alpha value is -4.22. The van der Waals surface area contributed by atoms with E-state index in [0.717, 1.165) is 32.0 Å². The normalized spacial score (nSPS) is 11.8. The van der Waals surface area contributed by atoms with Crippen LogP contribution in [-0.4, -0.2) is 51.9 Å². The molecule has 1 atom stereocenters. The number of rotatable bonds is 12. The molecule has 0 aliphatic carbocycles. The zero-order chi connectivity index (χ0) is 31.0. The molecule has 0 heterocycles. The van der Waals surface area contributed by atoms with E-state index in [2.05, 4.69) is 21.2 Å². The van der Waals surface area contributed by atoms with Crippen LogP contribution in [0.4, 0.5) is 10.1 Å². The minimum Gasteiger partial charge on any atom is -0.497 e. The first-order valence-corrected chi connectivity index (χ1v) is 15.6. The fraction of sp³-hybridized carbons (Fsp3) is 0.188. The fourth-order valence-corrected chi connectivity index (χ4v) is 6.20. The molecule has 0 spiro atoms. The summed E-state index contributed by atoms with van der Waals surface area (Å²) in [7, 11) is -1.36. The number of hydrogen-bond donors (Lipinski definition) is 1. The van der Waals surface area contributed by atoms with Crippen molar-refractivity contribution in [2.45, 2.75) is 23.9 Å². The molecule has 11 heteroatoms. The van der Waals surface area contributed by atoms with Crippen molar-refractivity contribution in [3.63, 3.8) is 0 Å². The number of benzene rings is 4. The highest BCUT2D eigenvalue weighted by Gasteiger charge is 2.34. The second kappa shape index (κ2) is 14.3. The van der Waals surface area contributed by atoms with Gasteiger partial charge in [-0.15, -0.1) is 0 Å². The molecule has 0 aliphatic heterocycles. The van der Waals surface area contributed by atoms with Gasteiger partial charge in [-0.3, -0.25) is 13.9 Å². The van der Waals surface area contributed by atoms with Gasteiger partial charge in [0.2, 0.25) is 11.8 Å². The van der Waals surface area contributed by atoms with Crippen LogP contribution in [0.15, 0.2) is 112 Å². The minimum atomic E-state index is -4.31. The van der Waals surface area contributed by atoms with Gasteiger partial charge in [-0.25, -0.2) is 12.8 Å². The van der Waals surface area contributed by atoms with Gasteiger partial charge in [0.15, 0.2) is 0 Å². The molecule has 2 amide bonds. The molecule has 0 saturated carbocycles. The van der Waals surface area contributed by atoms with E-state index in [0.29, 0.717) is 5.75 Å². The van der Waals surface area contributed by atoms with Gasteiger partial charge in [0.1, 0.15) is 24.2 Å². The summed E-state index contributed by atoms with van der Waals surface area (Å²) in [6.07, 6.45) is 0.199. The van der Waals surface area contributed by atoms with Crippen LogP contribution in [-0.2, 0) is 32.6 Å². The average Bonchev–Trinajstić information content (AvgIpc) is 3.03. The summed E-state index contributed by atoms with van der Waals surface area (Å²) in [5, 5.41) is 2.65. The Labute approximate surface area is 259 Å². The Kier molecular flexibility index (Phi) is 10.5. The van der Waals surface area contributed by atoms with Gasteiger partial charge in [0.25, 0.3) is 10.0 Å². The van der Waals surface area contributed by atoms with E-state index in [1.54, 1.807) is 0 Å². The Morgan fingerprint density at radius 2 is 1.51 bits per heavy atom. The van der Waals surface area contributed by atoms with Gasteiger partial charge in [0.05, 0.1) is 17.7 Å². The summed E-state index contributed by atoms with van der Waals surface area (Å²) < 4.78 is 48.7. The molecule has 4 aromatic rings. The number of nitrogens with one attached hydrogen (secondary N) is 1. The summed E-state index contributed by atoms with van der Waals surface area (Å²) in [6, 6.07) is 26.2. The van der Waals surface area contributed by atoms with Crippen molar-refractivity contribution in [1.82, 2.24) is 10.2 Å². The molecule has 4 rings (SSSR count). The fourth-order valence-electron chi connectivity index (χ4n) is 4.52. The molecule has 8 nitrogen and oxygen atoms in total. The highest BCUT2D eigenvalue weighted by molar-refractivity contribution is 9.10. The maximum absolute atomic E-state index is 14.2. The van der Waals surface area contributed by atoms with Gasteiger partial charge in [0, 0.05) is 24.5 Å². The van der Waals surface area contributed by atoms with Crippen LogP contribution in [0.3, 0.4) is 0 Å². The van der Waals surface area contributed by atoms with Crippen LogP contribution >= 0.6 is 15.9 Å². The molecule has 0 aliphatic rings. The van der Waals surface area contributed by atoms with Crippen molar-refractivity contribution < 1.29 is 27.1 Å². The number of amides is 2. The molecule has 1 N–H and O–H groups in total. The van der Waals surface area contributed by atoms with E-state index >= 15 is 0 Å². The van der Waals surface area contributed by atoms with Gasteiger partial charge in [-0.2, -0.15) is 0 Å². The number of anilines is 1. The van der Waals surface area contributed by atoms with Crippen molar-refractivity contribution in [2.75, 3.05) is 25.0 Å². The number of ether oxygens (including phenoxy) is 1.